The number of aryl methyl sites for hydroxylation is 1. The average molecular weight is 910 g/mol. The number of nitrogens with one attached hydrogen (secondary N) is 2. The van der Waals surface area contributed by atoms with E-state index in [4.69, 9.17) is 31.5 Å². The Morgan fingerprint density at radius 2 is 1.72 bits per heavy atom. The second kappa shape index (κ2) is 17.6. The van der Waals surface area contributed by atoms with Crippen molar-refractivity contribution in [3.05, 3.63) is 100 Å². The molecule has 5 aromatic rings. The molecule has 1 aromatic heterocycles. The van der Waals surface area contributed by atoms with E-state index in [2.05, 4.69) is 15.7 Å². The van der Waals surface area contributed by atoms with Crippen molar-refractivity contribution in [3.63, 3.8) is 0 Å². The van der Waals surface area contributed by atoms with Crippen LogP contribution in [-0.2, 0) is 22.2 Å². The lowest BCUT2D eigenvalue weighted by Crippen LogP contribution is -2.49. The van der Waals surface area contributed by atoms with Crippen LogP contribution < -0.4 is 35.5 Å². The number of urea groups is 1. The van der Waals surface area contributed by atoms with Gasteiger partial charge in [-0.1, -0.05) is 48.9 Å². The number of amides is 5. The van der Waals surface area contributed by atoms with E-state index in [1.807, 2.05) is 60.4 Å². The Labute approximate surface area is 379 Å². The van der Waals surface area contributed by atoms with E-state index in [1.54, 1.807) is 11.7 Å². The van der Waals surface area contributed by atoms with Gasteiger partial charge in [0.1, 0.15) is 23.4 Å². The summed E-state index contributed by atoms with van der Waals surface area (Å²) in [7, 11) is 3.09. The summed E-state index contributed by atoms with van der Waals surface area (Å²) in [6.07, 6.45) is 4.43. The van der Waals surface area contributed by atoms with Crippen molar-refractivity contribution in [2.45, 2.75) is 75.5 Å². The number of hydrogen-bond donors (Lipinski definition) is 3. The molecule has 14 nitrogen and oxygen atoms in total. The van der Waals surface area contributed by atoms with Crippen LogP contribution in [0.5, 0.6) is 17.2 Å². The highest BCUT2D eigenvalue weighted by atomic mass is 35.5. The van der Waals surface area contributed by atoms with Crippen LogP contribution in [0.25, 0.3) is 22.0 Å². The van der Waals surface area contributed by atoms with E-state index in [0.717, 1.165) is 29.3 Å². The summed E-state index contributed by atoms with van der Waals surface area (Å²) in [4.78, 5) is 54.1. The molecule has 9 rings (SSSR count). The zero-order valence-electron chi connectivity index (χ0n) is 36.3. The Balaban J connectivity index is 0.840. The molecule has 0 radical (unpaired) electrons. The molecule has 4 aromatic carbocycles. The number of anilines is 1. The molecule has 4 heterocycles. The van der Waals surface area contributed by atoms with Crippen LogP contribution in [-0.4, -0.2) is 83.9 Å². The smallest absolute Gasteiger partial charge is 0.329 e. The van der Waals surface area contributed by atoms with Crippen molar-refractivity contribution in [2.75, 3.05) is 38.2 Å². The molecule has 17 heteroatoms. The largest absolute Gasteiger partial charge is 0.494 e. The lowest BCUT2D eigenvalue weighted by molar-refractivity contribution is -0.138. The topological polar surface area (TPSA) is 170 Å². The van der Waals surface area contributed by atoms with Crippen LogP contribution in [0.3, 0.4) is 0 Å². The highest BCUT2D eigenvalue weighted by Gasteiger charge is 2.50. The molecule has 65 heavy (non-hydrogen) atoms. The molecule has 3 fully saturated rings. The number of hydrogen-bond acceptors (Lipinski definition) is 9. The number of methoxy groups -OCH3 is 1. The lowest BCUT2D eigenvalue weighted by Gasteiger charge is -2.38. The van der Waals surface area contributed by atoms with Gasteiger partial charge < -0.3 is 30.2 Å². The molecule has 2 atom stereocenters. The number of carbonyl (C=O) groups excluding carboxylic acids is 4. The molecule has 340 valence electrons. The van der Waals surface area contributed by atoms with E-state index >= 15 is 8.78 Å². The number of nitrogens with two attached hydrogens (primary N) is 1. The number of rotatable bonds is 11. The number of ether oxygens (including phenoxy) is 3. The van der Waals surface area contributed by atoms with Crippen LogP contribution in [0.15, 0.2) is 66.7 Å². The third-order valence-electron chi connectivity index (χ3n) is 13.6. The number of nitrogens with zero attached hydrogens (tertiary/aromatic N) is 4. The molecule has 0 bridgehead atoms. The summed E-state index contributed by atoms with van der Waals surface area (Å²) in [6.45, 7) is 3.66. The van der Waals surface area contributed by atoms with Crippen molar-refractivity contribution >= 4 is 52.1 Å². The number of aromatic nitrogens is 2. The third kappa shape index (κ3) is 8.00. The number of halogens is 3. The second-order valence-electron chi connectivity index (χ2n) is 17.4. The minimum Gasteiger partial charge on any atom is -0.494 e. The fourth-order valence-corrected chi connectivity index (χ4v) is 10.4. The summed E-state index contributed by atoms with van der Waals surface area (Å²) >= 11 is 6.68. The first kappa shape index (κ1) is 44.0. The number of fused-ring (bicyclic) bond motifs is 2. The summed E-state index contributed by atoms with van der Waals surface area (Å²) < 4.78 is 52.1. The zero-order chi connectivity index (χ0) is 45.7. The van der Waals surface area contributed by atoms with Crippen LogP contribution in [0, 0.1) is 17.6 Å². The van der Waals surface area contributed by atoms with Crippen molar-refractivity contribution < 1.29 is 42.2 Å². The summed E-state index contributed by atoms with van der Waals surface area (Å²) in [6, 6.07) is 18.6. The van der Waals surface area contributed by atoms with E-state index in [9.17, 15) is 19.2 Å². The van der Waals surface area contributed by atoms with Crippen LogP contribution in [0.1, 0.15) is 79.3 Å². The number of imide groups is 1. The van der Waals surface area contributed by atoms with Gasteiger partial charge in [0.05, 0.1) is 23.2 Å². The quantitative estimate of drug-likeness (QED) is 0.123. The summed E-state index contributed by atoms with van der Waals surface area (Å²) in [5.41, 5.74) is 6.24. The Hall–Kier alpha value is -6.26. The van der Waals surface area contributed by atoms with Gasteiger partial charge in [0, 0.05) is 105 Å². The van der Waals surface area contributed by atoms with Crippen molar-refractivity contribution in [1.29, 1.82) is 0 Å². The van der Waals surface area contributed by atoms with Crippen LogP contribution in [0.2, 0.25) is 5.02 Å². The number of piperidine rings is 1. The molecule has 2 saturated heterocycles. The monoisotopic (exact) mass is 909 g/mol. The van der Waals surface area contributed by atoms with Crippen molar-refractivity contribution in [2.24, 2.45) is 18.7 Å². The number of carbonyl (C=O) groups is 4. The number of benzene rings is 4. The first-order chi connectivity index (χ1) is 31.3. The predicted octanol–water partition coefficient (Wildman–Crippen LogP) is 7.34. The molecule has 4 aliphatic rings. The Kier molecular flexibility index (Phi) is 11.9. The van der Waals surface area contributed by atoms with Gasteiger partial charge in [-0.15, -0.1) is 0 Å². The fourth-order valence-electron chi connectivity index (χ4n) is 10.1. The maximum atomic E-state index is 16.2. The second-order valence-corrected chi connectivity index (χ2v) is 17.7. The Bertz CT molecular complexity index is 2700. The van der Waals surface area contributed by atoms with E-state index < -0.39 is 35.1 Å². The maximum Gasteiger partial charge on any atom is 0.329 e. The van der Waals surface area contributed by atoms with Gasteiger partial charge in [-0.3, -0.25) is 29.3 Å². The van der Waals surface area contributed by atoms with Gasteiger partial charge in [0.2, 0.25) is 17.7 Å². The normalized spacial score (nSPS) is 22.4. The van der Waals surface area contributed by atoms with E-state index in [0.29, 0.717) is 62.4 Å². The highest BCUT2D eigenvalue weighted by Crippen LogP contribution is 2.56. The molecule has 3 aliphatic heterocycles. The first-order valence-corrected chi connectivity index (χ1v) is 22.4. The van der Waals surface area contributed by atoms with Crippen LogP contribution >= 0.6 is 11.6 Å². The zero-order valence-corrected chi connectivity index (χ0v) is 37.1. The number of primary amides is 1. The molecule has 1 saturated carbocycles. The molecule has 4 N–H and O–H groups in total. The SMILES string of the molecule is COc1ccc(C(N)=O)c(-c2c(Cl)c(F)cc3c2[C@H](C)[C@@](CNC2CCC(C(=O)N4CCC(Oc5ccc6c(N7CCC(=O)NC7=O)nn(C)c6c5)CC4)CC2)(c2ccccc2)O3)c1F. The van der Waals surface area contributed by atoms with Gasteiger partial charge in [-0.2, -0.15) is 5.10 Å². The minimum atomic E-state index is -1.09. The molecule has 0 unspecified atom stereocenters. The molecule has 1 aliphatic carbocycles. The maximum absolute atomic E-state index is 16.2. The lowest BCUT2D eigenvalue weighted by atomic mass is 9.77. The minimum absolute atomic E-state index is 0.0152. The van der Waals surface area contributed by atoms with Gasteiger partial charge in [-0.05, 0) is 55.5 Å². The number of likely N-dealkylation sites (tertiary alicyclic amines) is 1. The summed E-state index contributed by atoms with van der Waals surface area (Å²) in [5.74, 6) is -2.25. The van der Waals surface area contributed by atoms with E-state index in [-0.39, 0.29) is 76.1 Å². The molecule has 0 spiro atoms. The van der Waals surface area contributed by atoms with Gasteiger partial charge in [0.25, 0.3) is 0 Å². The average Bonchev–Trinajstić information content (AvgIpc) is 3.78. The van der Waals surface area contributed by atoms with Crippen molar-refractivity contribution in [3.8, 4) is 28.4 Å². The molecular formula is C48H50ClF2N7O7. The molecular weight excluding hydrogens is 860 g/mol. The molecule has 5 amide bonds. The third-order valence-corrected chi connectivity index (χ3v) is 14.0. The van der Waals surface area contributed by atoms with E-state index in [1.165, 1.54) is 30.2 Å². The first-order valence-electron chi connectivity index (χ1n) is 22.0. The van der Waals surface area contributed by atoms with Gasteiger partial charge in [0.15, 0.2) is 23.0 Å². The Morgan fingerprint density at radius 1 is 0.985 bits per heavy atom. The summed E-state index contributed by atoms with van der Waals surface area (Å²) in [5, 5.41) is 11.0. The Morgan fingerprint density at radius 3 is 2.42 bits per heavy atom. The fraction of sp³-hybridized carbons (Fsp3) is 0.396. The van der Waals surface area contributed by atoms with Crippen molar-refractivity contribution in [1.82, 2.24) is 25.3 Å². The standard InChI is InChI=1S/C48H50ClF2N7O7/c1-26-39-37(24-34(50)42(49)41(39)40-33(44(52)60)15-16-36(63-3)43(40)51)65-48(26,28-7-5-4-6-8-28)25-53-29-11-9-27(10-12-29)46(61)57-20-17-30(18-21-57)64-31-13-14-32-35(23-31)56(2)55-45(32)58-22-19-38(59)54-47(58)62/h4-8,13-16,23-24,26-27,29-30,53H,9-12,17-22,25H2,1-3H3,(H2,52,60)(H,54,59,62)/t26-,27?,29?,48-/m0/s1. The predicted molar refractivity (Wildman–Crippen MR) is 239 cm³/mol. The van der Waals surface area contributed by atoms with Gasteiger partial charge >= 0.3 is 6.03 Å². The van der Waals surface area contributed by atoms with Crippen LogP contribution in [0.4, 0.5) is 19.4 Å². The van der Waals surface area contributed by atoms with Gasteiger partial charge in [-0.25, -0.2) is 13.6 Å². The highest BCUT2D eigenvalue weighted by molar-refractivity contribution is 6.34.